The zero-order chi connectivity index (χ0) is 18.4. The summed E-state index contributed by atoms with van der Waals surface area (Å²) in [6.07, 6.45) is 0. The van der Waals surface area contributed by atoms with Gasteiger partial charge in [-0.3, -0.25) is 9.59 Å². The second-order valence-corrected chi connectivity index (χ2v) is 7.74. The molecule has 0 spiro atoms. The van der Waals surface area contributed by atoms with E-state index in [1.165, 1.54) is 12.1 Å². The fourth-order valence-corrected chi connectivity index (χ4v) is 2.89. The molecule has 0 aliphatic rings. The zero-order valence-corrected chi connectivity index (χ0v) is 14.7. The molecule has 8 nitrogen and oxygen atoms in total. The number of carbonyl (C=O) groups excluding carboxylic acids is 2. The first-order valence-corrected chi connectivity index (χ1v) is 8.80. The van der Waals surface area contributed by atoms with Gasteiger partial charge < -0.3 is 15.8 Å². The van der Waals surface area contributed by atoms with Gasteiger partial charge in [-0.25, -0.2) is 8.42 Å². The number of esters is 1. The molecule has 0 aromatic heterocycles. The topological polar surface area (TPSA) is 128 Å². The van der Waals surface area contributed by atoms with Crippen molar-refractivity contribution in [2.24, 2.45) is 5.73 Å². The molecule has 1 amide bonds. The molecule has 134 valence electrons. The number of carbonyl (C=O) groups is 2. The van der Waals surface area contributed by atoms with Gasteiger partial charge in [-0.2, -0.15) is 4.72 Å². The highest BCUT2D eigenvalue weighted by atomic mass is 32.2. The molecule has 0 saturated carbocycles. The van der Waals surface area contributed by atoms with E-state index in [-0.39, 0.29) is 18.0 Å². The maximum absolute atomic E-state index is 12.4. The Labute approximate surface area is 141 Å². The van der Waals surface area contributed by atoms with Crippen LogP contribution in [-0.2, 0) is 24.3 Å². The van der Waals surface area contributed by atoms with E-state index < -0.39 is 33.5 Å². The minimum Gasteiger partial charge on any atom is -0.459 e. The number of nitrogens with one attached hydrogen (secondary N) is 2. The zero-order valence-electron chi connectivity index (χ0n) is 13.9. The highest BCUT2D eigenvalue weighted by Crippen LogP contribution is 2.11. The van der Waals surface area contributed by atoms with Crippen LogP contribution in [0.3, 0.4) is 0 Å². The number of sulfonamides is 1. The van der Waals surface area contributed by atoms with Gasteiger partial charge in [-0.15, -0.1) is 0 Å². The average molecular weight is 357 g/mol. The molecule has 1 aromatic carbocycles. The molecule has 1 aromatic rings. The molecule has 24 heavy (non-hydrogen) atoms. The Bertz CT molecular complexity index is 668. The van der Waals surface area contributed by atoms with E-state index in [2.05, 4.69) is 10.0 Å². The highest BCUT2D eigenvalue weighted by Gasteiger charge is 2.30. The molecular formula is C15H23N3O5S. The summed E-state index contributed by atoms with van der Waals surface area (Å²) >= 11 is 0. The lowest BCUT2D eigenvalue weighted by Gasteiger charge is -2.24. The third-order valence-corrected chi connectivity index (χ3v) is 4.22. The molecule has 0 saturated heterocycles. The van der Waals surface area contributed by atoms with E-state index in [0.29, 0.717) is 0 Å². The summed E-state index contributed by atoms with van der Waals surface area (Å²) in [5, 5.41) is 2.38. The van der Waals surface area contributed by atoms with Gasteiger partial charge in [0.15, 0.2) is 0 Å². The number of hydrogen-bond acceptors (Lipinski definition) is 6. The van der Waals surface area contributed by atoms with Crippen molar-refractivity contribution in [2.75, 3.05) is 13.1 Å². The highest BCUT2D eigenvalue weighted by molar-refractivity contribution is 7.89. The molecular weight excluding hydrogens is 334 g/mol. The minimum absolute atomic E-state index is 0.00344. The van der Waals surface area contributed by atoms with Gasteiger partial charge in [0.05, 0.1) is 11.4 Å². The first kappa shape index (κ1) is 20.1. The maximum Gasteiger partial charge on any atom is 0.326 e. The second-order valence-electron chi connectivity index (χ2n) is 6.03. The molecule has 1 rings (SSSR count). The van der Waals surface area contributed by atoms with Crippen molar-refractivity contribution in [1.82, 2.24) is 10.0 Å². The molecule has 4 N–H and O–H groups in total. The Kier molecular flexibility index (Phi) is 6.88. The summed E-state index contributed by atoms with van der Waals surface area (Å²) < 4.78 is 32.2. The van der Waals surface area contributed by atoms with Crippen LogP contribution in [-0.4, -0.2) is 45.0 Å². The Hall–Kier alpha value is -1.97. The molecule has 0 aliphatic carbocycles. The molecule has 0 heterocycles. The molecule has 0 aliphatic heterocycles. The lowest BCUT2D eigenvalue weighted by molar-refractivity contribution is -0.156. The van der Waals surface area contributed by atoms with E-state index in [9.17, 15) is 18.0 Å². The van der Waals surface area contributed by atoms with Gasteiger partial charge in [0.1, 0.15) is 11.6 Å². The van der Waals surface area contributed by atoms with Crippen LogP contribution in [0.25, 0.3) is 0 Å². The van der Waals surface area contributed by atoms with Crippen LogP contribution in [0.1, 0.15) is 20.8 Å². The number of rotatable bonds is 7. The summed E-state index contributed by atoms with van der Waals surface area (Å²) in [6, 6.07) is 6.32. The van der Waals surface area contributed by atoms with Gasteiger partial charge in [-0.1, -0.05) is 18.2 Å². The van der Waals surface area contributed by atoms with Crippen LogP contribution in [0.5, 0.6) is 0 Å². The van der Waals surface area contributed by atoms with Crippen LogP contribution in [0.15, 0.2) is 35.2 Å². The fraction of sp³-hybridized carbons (Fsp3) is 0.467. The van der Waals surface area contributed by atoms with Crippen LogP contribution in [0.4, 0.5) is 0 Å². The van der Waals surface area contributed by atoms with Gasteiger partial charge in [-0.05, 0) is 32.9 Å². The summed E-state index contributed by atoms with van der Waals surface area (Å²) in [5.74, 6) is -1.30. The van der Waals surface area contributed by atoms with Crippen LogP contribution in [0.2, 0.25) is 0 Å². The van der Waals surface area contributed by atoms with Crippen molar-refractivity contribution >= 4 is 21.9 Å². The van der Waals surface area contributed by atoms with Crippen molar-refractivity contribution in [3.8, 4) is 0 Å². The number of ether oxygens (including phenoxy) is 1. The van der Waals surface area contributed by atoms with Crippen molar-refractivity contribution in [1.29, 1.82) is 0 Å². The van der Waals surface area contributed by atoms with Crippen molar-refractivity contribution in [3.05, 3.63) is 30.3 Å². The van der Waals surface area contributed by atoms with Crippen LogP contribution in [0, 0.1) is 0 Å². The third-order valence-electron chi connectivity index (χ3n) is 2.73. The summed E-state index contributed by atoms with van der Waals surface area (Å²) in [4.78, 5) is 23.5. The number of benzene rings is 1. The fourth-order valence-electron chi connectivity index (χ4n) is 1.69. The second kappa shape index (κ2) is 8.22. The molecule has 0 fully saturated rings. The van der Waals surface area contributed by atoms with Crippen molar-refractivity contribution < 1.29 is 22.7 Å². The van der Waals surface area contributed by atoms with Gasteiger partial charge in [0.2, 0.25) is 15.9 Å². The van der Waals surface area contributed by atoms with Gasteiger partial charge in [0, 0.05) is 6.54 Å². The summed E-state index contributed by atoms with van der Waals surface area (Å²) in [7, 11) is -3.95. The largest absolute Gasteiger partial charge is 0.459 e. The van der Waals surface area contributed by atoms with E-state index >= 15 is 0 Å². The van der Waals surface area contributed by atoms with Gasteiger partial charge >= 0.3 is 5.97 Å². The monoisotopic (exact) mass is 357 g/mol. The Morgan fingerprint density at radius 1 is 1.21 bits per heavy atom. The van der Waals surface area contributed by atoms with Crippen molar-refractivity contribution in [2.45, 2.75) is 37.3 Å². The molecule has 0 bridgehead atoms. The first-order valence-electron chi connectivity index (χ1n) is 7.32. The van der Waals surface area contributed by atoms with E-state index in [4.69, 9.17) is 10.5 Å². The Morgan fingerprint density at radius 2 is 1.79 bits per heavy atom. The Morgan fingerprint density at radius 3 is 2.29 bits per heavy atom. The number of hydrogen-bond donors (Lipinski definition) is 3. The molecule has 0 unspecified atom stereocenters. The molecule has 0 radical (unpaired) electrons. The SMILES string of the molecule is CC(C)(C)OC(=O)[C@H](CNC(=O)CN)NS(=O)(=O)c1ccccc1. The van der Waals surface area contributed by atoms with E-state index in [0.717, 1.165) is 0 Å². The van der Waals surface area contributed by atoms with Crippen molar-refractivity contribution in [3.63, 3.8) is 0 Å². The maximum atomic E-state index is 12.4. The quantitative estimate of drug-likeness (QED) is 0.578. The average Bonchev–Trinajstić information content (AvgIpc) is 2.50. The predicted octanol–water partition coefficient (Wildman–Crippen LogP) is -0.250. The normalized spacial score (nSPS) is 13.2. The lowest BCUT2D eigenvalue weighted by Crippen LogP contribution is -2.51. The Balaban J connectivity index is 2.96. The summed E-state index contributed by atoms with van der Waals surface area (Å²) in [6.45, 7) is 4.44. The van der Waals surface area contributed by atoms with E-state index in [1.54, 1.807) is 39.0 Å². The number of nitrogens with two attached hydrogens (primary N) is 1. The predicted molar refractivity (Wildman–Crippen MR) is 88.5 cm³/mol. The van der Waals surface area contributed by atoms with Crippen LogP contribution >= 0.6 is 0 Å². The molecule has 1 atom stereocenters. The minimum atomic E-state index is -3.95. The first-order chi connectivity index (χ1) is 11.0. The standard InChI is InChI=1S/C15H23N3O5S/c1-15(2,3)23-14(20)12(10-17-13(19)9-16)18-24(21,22)11-7-5-4-6-8-11/h4-8,12,18H,9-10,16H2,1-3H3,(H,17,19)/t12-/m0/s1. The third kappa shape index (κ3) is 6.65. The lowest BCUT2D eigenvalue weighted by atomic mass is 10.2. The summed E-state index contributed by atoms with van der Waals surface area (Å²) in [5.41, 5.74) is 4.39. The van der Waals surface area contributed by atoms with E-state index in [1.807, 2.05) is 0 Å². The smallest absolute Gasteiger partial charge is 0.326 e. The van der Waals surface area contributed by atoms with Gasteiger partial charge in [0.25, 0.3) is 0 Å². The number of amides is 1. The molecule has 9 heteroatoms. The van der Waals surface area contributed by atoms with Crippen LogP contribution < -0.4 is 15.8 Å².